The number of likely N-dealkylation sites (tertiary alicyclic amines) is 1. The average Bonchev–Trinajstić information content (AvgIpc) is 3.39. The highest BCUT2D eigenvalue weighted by Crippen LogP contribution is 2.37. The first-order valence-corrected chi connectivity index (χ1v) is 13.8. The van der Waals surface area contributed by atoms with Gasteiger partial charge in [-0.1, -0.05) is 72.9 Å². The monoisotopic (exact) mass is 546 g/mol. The molecule has 2 saturated heterocycles. The van der Waals surface area contributed by atoms with Gasteiger partial charge in [0.1, 0.15) is 11.6 Å². The molecule has 3 N–H and O–H groups in total. The summed E-state index contributed by atoms with van der Waals surface area (Å²) in [6, 6.07) is 14.8. The van der Waals surface area contributed by atoms with Crippen molar-refractivity contribution in [1.82, 2.24) is 20.9 Å². The van der Waals surface area contributed by atoms with Crippen LogP contribution >= 0.6 is 23.2 Å². The van der Waals surface area contributed by atoms with Crippen LogP contribution in [0.25, 0.3) is 0 Å². The third-order valence-corrected chi connectivity index (χ3v) is 7.67. The maximum absolute atomic E-state index is 13.7. The standard InChI is InChI=1S/C28H36Cl2N4O3/c1-2-3-13-37-28(21-7-5-4-6-8-21)17-34(18-28)27(36)25(14-20-9-10-22(29)15-24(20)30)33-26(35)12-11-23-16-31-19-32-23/h4-10,15,23,25,31-32H,2-3,11-14,16-19H2,1H3,(H,33,35)/t23?,25-/m1/s1. The minimum Gasteiger partial charge on any atom is -0.367 e. The lowest BCUT2D eigenvalue weighted by Crippen LogP contribution is -2.66. The topological polar surface area (TPSA) is 82.7 Å². The molecule has 0 aliphatic carbocycles. The molecular weight excluding hydrogens is 511 g/mol. The van der Waals surface area contributed by atoms with E-state index in [1.54, 1.807) is 17.0 Å². The number of amides is 2. The van der Waals surface area contributed by atoms with Crippen LogP contribution in [0.4, 0.5) is 0 Å². The summed E-state index contributed by atoms with van der Waals surface area (Å²) in [7, 11) is 0. The molecule has 2 atom stereocenters. The number of ether oxygens (including phenoxy) is 1. The molecule has 2 aliphatic rings. The van der Waals surface area contributed by atoms with Crippen LogP contribution < -0.4 is 16.0 Å². The van der Waals surface area contributed by atoms with Crippen molar-refractivity contribution in [3.63, 3.8) is 0 Å². The Balaban J connectivity index is 1.46. The van der Waals surface area contributed by atoms with Gasteiger partial charge in [-0.25, -0.2) is 0 Å². The molecule has 4 rings (SSSR count). The maximum atomic E-state index is 13.7. The molecule has 2 aromatic rings. The summed E-state index contributed by atoms with van der Waals surface area (Å²) in [6.45, 7) is 5.24. The van der Waals surface area contributed by atoms with Crippen molar-refractivity contribution in [3.8, 4) is 0 Å². The Labute approximate surface area is 229 Å². The van der Waals surface area contributed by atoms with E-state index >= 15 is 0 Å². The van der Waals surface area contributed by atoms with Crippen molar-refractivity contribution >= 4 is 35.0 Å². The molecule has 9 heteroatoms. The Hall–Kier alpha value is -2.16. The van der Waals surface area contributed by atoms with Gasteiger partial charge in [0.05, 0.1) is 13.1 Å². The molecule has 0 saturated carbocycles. The number of hydrogen-bond acceptors (Lipinski definition) is 5. The molecule has 7 nitrogen and oxygen atoms in total. The molecule has 37 heavy (non-hydrogen) atoms. The Kier molecular flexibility index (Phi) is 9.84. The molecule has 0 spiro atoms. The van der Waals surface area contributed by atoms with Gasteiger partial charge in [0.2, 0.25) is 11.8 Å². The fourth-order valence-electron chi connectivity index (χ4n) is 4.88. The van der Waals surface area contributed by atoms with Gasteiger partial charge in [0.25, 0.3) is 0 Å². The number of carbonyl (C=O) groups excluding carboxylic acids is 2. The van der Waals surface area contributed by atoms with E-state index in [-0.39, 0.29) is 24.3 Å². The van der Waals surface area contributed by atoms with Gasteiger partial charge < -0.3 is 25.6 Å². The van der Waals surface area contributed by atoms with E-state index in [1.807, 2.05) is 36.4 Å². The van der Waals surface area contributed by atoms with Crippen molar-refractivity contribution in [2.24, 2.45) is 0 Å². The van der Waals surface area contributed by atoms with E-state index in [1.165, 1.54) is 0 Å². The normalized spacial score (nSPS) is 19.3. The molecule has 2 fully saturated rings. The van der Waals surface area contributed by atoms with Gasteiger partial charge >= 0.3 is 0 Å². The fourth-order valence-corrected chi connectivity index (χ4v) is 5.36. The first-order chi connectivity index (χ1) is 17.9. The van der Waals surface area contributed by atoms with E-state index in [9.17, 15) is 9.59 Å². The molecule has 2 amide bonds. The lowest BCUT2D eigenvalue weighted by molar-refractivity contribution is -0.175. The fraction of sp³-hybridized carbons (Fsp3) is 0.500. The number of unbranched alkanes of at least 4 members (excludes halogenated alkanes) is 1. The minimum atomic E-state index is -0.731. The Morgan fingerprint density at radius 2 is 1.97 bits per heavy atom. The third kappa shape index (κ3) is 7.24. The van der Waals surface area contributed by atoms with Crippen LogP contribution in [-0.2, 0) is 26.3 Å². The Morgan fingerprint density at radius 3 is 2.65 bits per heavy atom. The van der Waals surface area contributed by atoms with Crippen molar-refractivity contribution in [2.45, 2.75) is 56.7 Å². The molecule has 0 aromatic heterocycles. The number of nitrogens with one attached hydrogen (secondary N) is 3. The second-order valence-electron chi connectivity index (χ2n) is 9.89. The Morgan fingerprint density at radius 1 is 1.19 bits per heavy atom. The van der Waals surface area contributed by atoms with E-state index in [4.69, 9.17) is 27.9 Å². The summed E-state index contributed by atoms with van der Waals surface area (Å²) < 4.78 is 6.35. The van der Waals surface area contributed by atoms with Gasteiger partial charge in [-0.2, -0.15) is 0 Å². The molecule has 1 unspecified atom stereocenters. The molecule has 2 heterocycles. The quantitative estimate of drug-likeness (QED) is 0.352. The van der Waals surface area contributed by atoms with Crippen LogP contribution in [0.15, 0.2) is 48.5 Å². The van der Waals surface area contributed by atoms with Gasteiger partial charge in [-0.15, -0.1) is 0 Å². The van der Waals surface area contributed by atoms with Gasteiger partial charge in [0, 0.05) is 48.7 Å². The largest absolute Gasteiger partial charge is 0.367 e. The van der Waals surface area contributed by atoms with Crippen molar-refractivity contribution in [3.05, 3.63) is 69.7 Å². The highest BCUT2D eigenvalue weighted by Gasteiger charge is 2.49. The number of hydrogen-bond donors (Lipinski definition) is 3. The maximum Gasteiger partial charge on any atom is 0.245 e. The average molecular weight is 548 g/mol. The first-order valence-electron chi connectivity index (χ1n) is 13.1. The Bertz CT molecular complexity index is 1060. The summed E-state index contributed by atoms with van der Waals surface area (Å²) in [5.41, 5.74) is 1.30. The highest BCUT2D eigenvalue weighted by molar-refractivity contribution is 6.35. The van der Waals surface area contributed by atoms with Crippen molar-refractivity contribution < 1.29 is 14.3 Å². The lowest BCUT2D eigenvalue weighted by Gasteiger charge is -2.51. The van der Waals surface area contributed by atoms with Crippen molar-refractivity contribution in [2.75, 3.05) is 32.9 Å². The zero-order valence-electron chi connectivity index (χ0n) is 21.3. The second-order valence-corrected chi connectivity index (χ2v) is 10.7. The number of nitrogens with zero attached hydrogens (tertiary/aromatic N) is 1. The third-order valence-electron chi connectivity index (χ3n) is 7.08. The van der Waals surface area contributed by atoms with Crippen LogP contribution in [0.2, 0.25) is 10.0 Å². The summed E-state index contributed by atoms with van der Waals surface area (Å²) in [5.74, 6) is -0.281. The number of benzene rings is 2. The highest BCUT2D eigenvalue weighted by atomic mass is 35.5. The molecule has 2 aromatic carbocycles. The molecule has 0 bridgehead atoms. The second kappa shape index (κ2) is 13.1. The predicted octanol–water partition coefficient (Wildman–Crippen LogP) is 3.87. The van der Waals surface area contributed by atoms with Crippen LogP contribution in [0, 0.1) is 0 Å². The molecular formula is C28H36Cl2N4O3. The lowest BCUT2D eigenvalue weighted by atomic mass is 9.84. The van der Waals surface area contributed by atoms with Crippen LogP contribution in [0.5, 0.6) is 0 Å². The molecule has 2 aliphatic heterocycles. The molecule has 200 valence electrons. The zero-order valence-corrected chi connectivity index (χ0v) is 22.8. The van der Waals surface area contributed by atoms with Crippen LogP contribution in [-0.4, -0.2) is 61.7 Å². The SMILES string of the molecule is CCCCOC1(c2ccccc2)CN(C(=O)[C@@H](Cc2ccc(Cl)cc2Cl)NC(=O)CCC2CNCN2)C1. The minimum absolute atomic E-state index is 0.134. The van der Waals surface area contributed by atoms with E-state index in [0.29, 0.717) is 42.6 Å². The first kappa shape index (κ1) is 27.9. The summed E-state index contributed by atoms with van der Waals surface area (Å²) >= 11 is 12.5. The van der Waals surface area contributed by atoms with Gasteiger partial charge in [-0.3, -0.25) is 9.59 Å². The summed E-state index contributed by atoms with van der Waals surface area (Å²) in [5, 5.41) is 10.5. The van der Waals surface area contributed by atoms with Gasteiger partial charge in [0.15, 0.2) is 0 Å². The number of rotatable bonds is 12. The van der Waals surface area contributed by atoms with Crippen LogP contribution in [0.3, 0.4) is 0 Å². The van der Waals surface area contributed by atoms with E-state index in [2.05, 4.69) is 22.9 Å². The summed E-state index contributed by atoms with van der Waals surface area (Å²) in [4.78, 5) is 28.4. The predicted molar refractivity (Wildman–Crippen MR) is 147 cm³/mol. The smallest absolute Gasteiger partial charge is 0.245 e. The van der Waals surface area contributed by atoms with E-state index in [0.717, 1.165) is 37.2 Å². The van der Waals surface area contributed by atoms with Gasteiger partial charge in [-0.05, 0) is 36.1 Å². The van der Waals surface area contributed by atoms with E-state index < -0.39 is 11.6 Å². The number of halogens is 2. The summed E-state index contributed by atoms with van der Waals surface area (Å²) in [6.07, 6.45) is 3.33. The number of carbonyl (C=O) groups is 2. The zero-order chi connectivity index (χ0) is 26.3. The van der Waals surface area contributed by atoms with Crippen LogP contribution in [0.1, 0.15) is 43.7 Å². The van der Waals surface area contributed by atoms with Crippen molar-refractivity contribution in [1.29, 1.82) is 0 Å². The molecule has 0 radical (unpaired) electrons.